The van der Waals surface area contributed by atoms with E-state index in [4.69, 9.17) is 0 Å². The van der Waals surface area contributed by atoms with Gasteiger partial charge < -0.3 is 5.11 Å². The number of hydrogen-bond donors (Lipinski definition) is 1. The fourth-order valence-corrected chi connectivity index (χ4v) is 3.06. The Balaban J connectivity index is 2.58. The average molecular weight is 227 g/mol. The summed E-state index contributed by atoms with van der Waals surface area (Å²) in [7, 11) is 2.11. The van der Waals surface area contributed by atoms with Crippen molar-refractivity contribution in [1.29, 1.82) is 0 Å². The van der Waals surface area contributed by atoms with Crippen LogP contribution in [0.2, 0.25) is 0 Å². The Hall–Kier alpha value is -0.0800. The first-order valence-electron chi connectivity index (χ1n) is 7.10. The highest BCUT2D eigenvalue weighted by molar-refractivity contribution is 4.80. The van der Waals surface area contributed by atoms with E-state index in [0.29, 0.717) is 6.04 Å². The van der Waals surface area contributed by atoms with Crippen LogP contribution in [0.4, 0.5) is 0 Å². The van der Waals surface area contributed by atoms with Crippen LogP contribution in [0.5, 0.6) is 0 Å². The fraction of sp³-hybridized carbons (Fsp3) is 1.00. The first-order valence-corrected chi connectivity index (χ1v) is 7.10. The van der Waals surface area contributed by atoms with Crippen LogP contribution in [-0.4, -0.2) is 29.3 Å². The van der Waals surface area contributed by atoms with E-state index in [0.717, 1.165) is 18.8 Å². The molecule has 0 aliphatic heterocycles. The van der Waals surface area contributed by atoms with Gasteiger partial charge in [-0.05, 0) is 32.2 Å². The minimum Gasteiger partial charge on any atom is -0.378 e. The summed E-state index contributed by atoms with van der Waals surface area (Å²) < 4.78 is 0. The molecule has 1 aliphatic carbocycles. The smallest absolute Gasteiger partial charge is 0.107 e. The normalized spacial score (nSPS) is 29.1. The summed E-state index contributed by atoms with van der Waals surface area (Å²) in [5.74, 6) is 0.791. The predicted octanol–water partition coefficient (Wildman–Crippen LogP) is 3.40. The lowest BCUT2D eigenvalue weighted by molar-refractivity contribution is -0.0303. The molecule has 2 heteroatoms. The largest absolute Gasteiger partial charge is 0.378 e. The highest BCUT2D eigenvalue weighted by atomic mass is 16.3. The monoisotopic (exact) mass is 227 g/mol. The van der Waals surface area contributed by atoms with E-state index in [1.165, 1.54) is 38.5 Å². The topological polar surface area (TPSA) is 23.5 Å². The maximum atomic E-state index is 10.1. The van der Waals surface area contributed by atoms with Crippen molar-refractivity contribution in [2.24, 2.45) is 5.92 Å². The molecule has 1 rings (SSSR count). The van der Waals surface area contributed by atoms with Gasteiger partial charge in [-0.1, -0.05) is 46.0 Å². The molecule has 0 bridgehead atoms. The Morgan fingerprint density at radius 2 is 1.88 bits per heavy atom. The van der Waals surface area contributed by atoms with Crippen LogP contribution in [0, 0.1) is 5.92 Å². The van der Waals surface area contributed by atoms with Gasteiger partial charge in [-0.25, -0.2) is 0 Å². The summed E-state index contributed by atoms with van der Waals surface area (Å²) in [4.78, 5) is 2.24. The Morgan fingerprint density at radius 1 is 1.19 bits per heavy atom. The van der Waals surface area contributed by atoms with E-state index in [1.54, 1.807) is 0 Å². The van der Waals surface area contributed by atoms with Crippen molar-refractivity contribution in [3.05, 3.63) is 0 Å². The number of rotatable bonds is 5. The van der Waals surface area contributed by atoms with Gasteiger partial charge in [0.25, 0.3) is 0 Å². The number of aliphatic hydroxyl groups excluding tert-OH is 1. The second-order valence-corrected chi connectivity index (χ2v) is 5.31. The molecule has 0 aromatic carbocycles. The van der Waals surface area contributed by atoms with Crippen LogP contribution < -0.4 is 0 Å². The molecular weight excluding hydrogens is 198 g/mol. The lowest BCUT2D eigenvalue weighted by Crippen LogP contribution is -2.43. The molecule has 16 heavy (non-hydrogen) atoms. The standard InChI is InChI=1S/C14H29NO/c1-4-9-14(16)15(3)13-11-8-6-7-10-12(13)5-2/h12-14,16H,4-11H2,1-3H3. The SMILES string of the molecule is CCCC(O)N(C)C1CCCCCC1CC. The molecule has 96 valence electrons. The van der Waals surface area contributed by atoms with Crippen molar-refractivity contribution in [2.45, 2.75) is 77.5 Å². The third-order valence-corrected chi connectivity index (χ3v) is 4.18. The summed E-state index contributed by atoms with van der Waals surface area (Å²) in [6.45, 7) is 4.44. The molecule has 1 fully saturated rings. The summed E-state index contributed by atoms with van der Waals surface area (Å²) in [6.07, 6.45) is 9.72. The molecule has 0 spiro atoms. The van der Waals surface area contributed by atoms with Gasteiger partial charge in [0.2, 0.25) is 0 Å². The van der Waals surface area contributed by atoms with E-state index < -0.39 is 0 Å². The summed E-state index contributed by atoms with van der Waals surface area (Å²) in [6, 6.07) is 0.606. The van der Waals surface area contributed by atoms with Gasteiger partial charge in [-0.2, -0.15) is 0 Å². The minimum absolute atomic E-state index is 0.234. The van der Waals surface area contributed by atoms with Crippen molar-refractivity contribution < 1.29 is 5.11 Å². The molecule has 2 nitrogen and oxygen atoms in total. The summed E-state index contributed by atoms with van der Waals surface area (Å²) in [5, 5.41) is 10.1. The lowest BCUT2D eigenvalue weighted by Gasteiger charge is -2.36. The average Bonchev–Trinajstić information content (AvgIpc) is 2.53. The van der Waals surface area contributed by atoms with E-state index in [2.05, 4.69) is 25.8 Å². The third kappa shape index (κ3) is 3.74. The van der Waals surface area contributed by atoms with Gasteiger partial charge in [-0.15, -0.1) is 0 Å². The Bertz CT molecular complexity index is 184. The molecule has 3 atom stereocenters. The van der Waals surface area contributed by atoms with Crippen molar-refractivity contribution >= 4 is 0 Å². The van der Waals surface area contributed by atoms with Gasteiger partial charge >= 0.3 is 0 Å². The summed E-state index contributed by atoms with van der Waals surface area (Å²) >= 11 is 0. The molecule has 0 aromatic rings. The molecule has 1 N–H and O–H groups in total. The molecule has 1 aliphatic rings. The van der Waals surface area contributed by atoms with Crippen LogP contribution in [-0.2, 0) is 0 Å². The first kappa shape index (κ1) is 14.0. The highest BCUT2D eigenvalue weighted by Crippen LogP contribution is 2.30. The van der Waals surface area contributed by atoms with Crippen LogP contribution in [0.15, 0.2) is 0 Å². The molecule has 0 aromatic heterocycles. The van der Waals surface area contributed by atoms with Gasteiger partial charge in [0.05, 0.1) is 0 Å². The zero-order valence-corrected chi connectivity index (χ0v) is 11.3. The predicted molar refractivity (Wildman–Crippen MR) is 69.3 cm³/mol. The van der Waals surface area contributed by atoms with Crippen LogP contribution in [0.3, 0.4) is 0 Å². The van der Waals surface area contributed by atoms with Crippen molar-refractivity contribution in [2.75, 3.05) is 7.05 Å². The van der Waals surface area contributed by atoms with Crippen LogP contribution in [0.25, 0.3) is 0 Å². The molecule has 0 radical (unpaired) electrons. The maximum absolute atomic E-state index is 10.1. The van der Waals surface area contributed by atoms with Crippen LogP contribution >= 0.6 is 0 Å². The van der Waals surface area contributed by atoms with Crippen molar-refractivity contribution in [1.82, 2.24) is 4.90 Å². The molecule has 1 saturated carbocycles. The molecule has 0 saturated heterocycles. The lowest BCUT2D eigenvalue weighted by atomic mass is 9.91. The molecule has 0 amide bonds. The number of hydrogen-bond acceptors (Lipinski definition) is 2. The van der Waals surface area contributed by atoms with E-state index >= 15 is 0 Å². The van der Waals surface area contributed by atoms with Gasteiger partial charge in [0.15, 0.2) is 0 Å². The fourth-order valence-electron chi connectivity index (χ4n) is 3.06. The maximum Gasteiger partial charge on any atom is 0.107 e. The number of aliphatic hydroxyl groups is 1. The molecule has 3 unspecified atom stereocenters. The van der Waals surface area contributed by atoms with Crippen molar-refractivity contribution in [3.8, 4) is 0 Å². The van der Waals surface area contributed by atoms with Gasteiger partial charge in [0.1, 0.15) is 6.23 Å². The quantitative estimate of drug-likeness (QED) is 0.575. The zero-order chi connectivity index (χ0) is 12.0. The second kappa shape index (κ2) is 7.29. The molecular formula is C14H29NO. The van der Waals surface area contributed by atoms with Gasteiger partial charge in [0, 0.05) is 6.04 Å². The van der Waals surface area contributed by atoms with Crippen molar-refractivity contribution in [3.63, 3.8) is 0 Å². The van der Waals surface area contributed by atoms with Crippen LogP contribution in [0.1, 0.15) is 65.2 Å². The highest BCUT2D eigenvalue weighted by Gasteiger charge is 2.28. The Morgan fingerprint density at radius 3 is 2.50 bits per heavy atom. The van der Waals surface area contributed by atoms with Gasteiger partial charge in [-0.3, -0.25) is 4.90 Å². The van der Waals surface area contributed by atoms with E-state index in [1.807, 2.05) is 0 Å². The van der Waals surface area contributed by atoms with E-state index in [9.17, 15) is 5.11 Å². The Kier molecular flexibility index (Phi) is 6.37. The first-order chi connectivity index (χ1) is 7.70. The zero-order valence-electron chi connectivity index (χ0n) is 11.3. The minimum atomic E-state index is -0.234. The Labute approximate surface area is 101 Å². The summed E-state index contributed by atoms with van der Waals surface area (Å²) in [5.41, 5.74) is 0. The second-order valence-electron chi connectivity index (χ2n) is 5.31. The molecule has 0 heterocycles. The third-order valence-electron chi connectivity index (χ3n) is 4.18. The number of nitrogens with zero attached hydrogens (tertiary/aromatic N) is 1. The van der Waals surface area contributed by atoms with E-state index in [-0.39, 0.29) is 6.23 Å².